The van der Waals surface area contributed by atoms with Gasteiger partial charge in [-0.05, 0) is 24.3 Å². The first kappa shape index (κ1) is 16.7. The fraction of sp³-hybridized carbons (Fsp3) is 0.211. The van der Waals surface area contributed by atoms with Gasteiger partial charge in [0.2, 0.25) is 5.91 Å². The summed E-state index contributed by atoms with van der Waals surface area (Å²) >= 11 is 5.98. The first-order chi connectivity index (χ1) is 12.6. The van der Waals surface area contributed by atoms with Gasteiger partial charge < -0.3 is 9.42 Å². The van der Waals surface area contributed by atoms with Gasteiger partial charge in [0.1, 0.15) is 5.82 Å². The van der Waals surface area contributed by atoms with Crippen molar-refractivity contribution in [3.63, 3.8) is 0 Å². The molecule has 1 amide bonds. The molecule has 1 fully saturated rings. The number of carbonyl (C=O) groups is 1. The van der Waals surface area contributed by atoms with Crippen LogP contribution in [0.2, 0.25) is 5.02 Å². The third-order valence-electron chi connectivity index (χ3n) is 4.41. The van der Waals surface area contributed by atoms with Gasteiger partial charge in [0.25, 0.3) is 5.89 Å². The van der Waals surface area contributed by atoms with E-state index in [1.807, 2.05) is 6.07 Å². The van der Waals surface area contributed by atoms with Crippen molar-refractivity contribution in [2.24, 2.45) is 0 Å². The molecule has 0 saturated carbocycles. The lowest BCUT2D eigenvalue weighted by Crippen LogP contribution is -2.25. The van der Waals surface area contributed by atoms with Gasteiger partial charge in [-0.3, -0.25) is 4.79 Å². The molecule has 2 aromatic carbocycles. The van der Waals surface area contributed by atoms with Crippen LogP contribution in [0.25, 0.3) is 11.5 Å². The highest BCUT2D eigenvalue weighted by atomic mass is 35.5. The zero-order valence-electron chi connectivity index (χ0n) is 13.7. The van der Waals surface area contributed by atoms with E-state index in [9.17, 15) is 9.18 Å². The highest BCUT2D eigenvalue weighted by Gasteiger charge is 2.34. The Morgan fingerprint density at radius 2 is 2.08 bits per heavy atom. The third-order valence-corrected chi connectivity index (χ3v) is 4.65. The Bertz CT molecular complexity index is 959. The number of halogens is 2. The summed E-state index contributed by atoms with van der Waals surface area (Å²) in [5.74, 6) is 0.303. The van der Waals surface area contributed by atoms with Crippen molar-refractivity contribution in [3.8, 4) is 11.5 Å². The maximum Gasteiger partial charge on any atom is 0.257 e. The Morgan fingerprint density at radius 1 is 1.23 bits per heavy atom. The summed E-state index contributed by atoms with van der Waals surface area (Å²) in [6, 6.07) is 13.6. The zero-order chi connectivity index (χ0) is 18.1. The maximum atomic E-state index is 13.8. The number of likely N-dealkylation sites (tertiary alicyclic amines) is 1. The fourth-order valence-corrected chi connectivity index (χ4v) is 3.26. The van der Waals surface area contributed by atoms with Crippen molar-refractivity contribution < 1.29 is 13.7 Å². The normalized spacial score (nSPS) is 17.1. The third kappa shape index (κ3) is 3.32. The standard InChI is InChI=1S/C19H15ClFN3O2/c20-15-6-3-5-12(8-15)19-22-18(23-26-19)14-9-17(25)24(11-14)10-13-4-1-2-7-16(13)21/h1-8,14H,9-11H2. The molecule has 0 bridgehead atoms. The van der Waals surface area contributed by atoms with Crippen LogP contribution in [0.15, 0.2) is 53.1 Å². The number of carbonyl (C=O) groups excluding carboxylic acids is 1. The molecular weight excluding hydrogens is 357 g/mol. The number of nitrogens with zero attached hydrogens (tertiary/aromatic N) is 3. The van der Waals surface area contributed by atoms with Crippen LogP contribution in [0.5, 0.6) is 0 Å². The average Bonchev–Trinajstić information content (AvgIpc) is 3.24. The molecule has 4 rings (SSSR count). The molecule has 1 saturated heterocycles. The smallest absolute Gasteiger partial charge is 0.257 e. The van der Waals surface area contributed by atoms with Gasteiger partial charge in [-0.1, -0.05) is 41.0 Å². The lowest BCUT2D eigenvalue weighted by Gasteiger charge is -2.16. The Labute approximate surface area is 154 Å². The second-order valence-electron chi connectivity index (χ2n) is 6.23. The largest absolute Gasteiger partial charge is 0.337 e. The summed E-state index contributed by atoms with van der Waals surface area (Å²) in [4.78, 5) is 18.3. The van der Waals surface area contributed by atoms with E-state index >= 15 is 0 Å². The minimum atomic E-state index is -0.313. The highest BCUT2D eigenvalue weighted by Crippen LogP contribution is 2.30. The Morgan fingerprint density at radius 3 is 2.88 bits per heavy atom. The summed E-state index contributed by atoms with van der Waals surface area (Å²) < 4.78 is 19.1. The molecule has 1 aliphatic rings. The van der Waals surface area contributed by atoms with Crippen LogP contribution in [0.4, 0.5) is 4.39 Å². The molecule has 132 valence electrons. The van der Waals surface area contributed by atoms with E-state index in [2.05, 4.69) is 10.1 Å². The number of aromatic nitrogens is 2. The second kappa shape index (κ2) is 6.88. The SMILES string of the molecule is O=C1CC(c2noc(-c3cccc(Cl)c3)n2)CN1Cc1ccccc1F. The minimum absolute atomic E-state index is 0.0487. The molecule has 7 heteroatoms. The van der Waals surface area contributed by atoms with Crippen molar-refractivity contribution in [2.45, 2.75) is 18.9 Å². The number of benzene rings is 2. The molecule has 1 aromatic heterocycles. The molecule has 2 heterocycles. The molecular formula is C19H15ClFN3O2. The summed E-state index contributed by atoms with van der Waals surface area (Å²) in [6.07, 6.45) is 0.281. The lowest BCUT2D eigenvalue weighted by atomic mass is 10.1. The van der Waals surface area contributed by atoms with E-state index in [4.69, 9.17) is 16.1 Å². The summed E-state index contributed by atoms with van der Waals surface area (Å²) in [5, 5.41) is 4.59. The van der Waals surface area contributed by atoms with Crippen molar-refractivity contribution in [3.05, 3.63) is 70.8 Å². The lowest BCUT2D eigenvalue weighted by molar-refractivity contribution is -0.128. The quantitative estimate of drug-likeness (QED) is 0.694. The fourth-order valence-electron chi connectivity index (χ4n) is 3.07. The van der Waals surface area contributed by atoms with Crippen LogP contribution in [-0.4, -0.2) is 27.5 Å². The summed E-state index contributed by atoms with van der Waals surface area (Å²) in [5.41, 5.74) is 1.22. The first-order valence-electron chi connectivity index (χ1n) is 8.21. The van der Waals surface area contributed by atoms with E-state index in [0.29, 0.717) is 28.8 Å². The number of rotatable bonds is 4. The predicted molar refractivity (Wildman–Crippen MR) is 93.9 cm³/mol. The second-order valence-corrected chi connectivity index (χ2v) is 6.67. The van der Waals surface area contributed by atoms with Gasteiger partial charge in [0.15, 0.2) is 5.82 Å². The van der Waals surface area contributed by atoms with Gasteiger partial charge in [-0.15, -0.1) is 0 Å². The molecule has 0 aliphatic carbocycles. The average molecular weight is 372 g/mol. The van der Waals surface area contributed by atoms with Crippen LogP contribution in [0, 0.1) is 5.82 Å². The number of amides is 1. The van der Waals surface area contributed by atoms with Gasteiger partial charge in [-0.25, -0.2) is 4.39 Å². The number of hydrogen-bond donors (Lipinski definition) is 0. The Hall–Kier alpha value is -2.73. The molecule has 1 aliphatic heterocycles. The van der Waals surface area contributed by atoms with Crippen LogP contribution in [0.3, 0.4) is 0 Å². The molecule has 1 atom stereocenters. The number of hydrogen-bond acceptors (Lipinski definition) is 4. The highest BCUT2D eigenvalue weighted by molar-refractivity contribution is 6.30. The van der Waals surface area contributed by atoms with E-state index in [1.54, 1.807) is 41.3 Å². The van der Waals surface area contributed by atoms with Gasteiger partial charge >= 0.3 is 0 Å². The molecule has 5 nitrogen and oxygen atoms in total. The summed E-state index contributed by atoms with van der Waals surface area (Å²) in [6.45, 7) is 0.669. The monoisotopic (exact) mass is 371 g/mol. The topological polar surface area (TPSA) is 59.2 Å². The predicted octanol–water partition coefficient (Wildman–Crippen LogP) is 4.05. The molecule has 3 aromatic rings. The Balaban J connectivity index is 1.50. The van der Waals surface area contributed by atoms with E-state index in [1.165, 1.54) is 6.07 Å². The van der Waals surface area contributed by atoms with Crippen molar-refractivity contribution in [1.29, 1.82) is 0 Å². The van der Waals surface area contributed by atoms with Gasteiger partial charge in [0.05, 0.1) is 0 Å². The Kier molecular flexibility index (Phi) is 4.42. The molecule has 0 N–H and O–H groups in total. The van der Waals surface area contributed by atoms with E-state index in [-0.39, 0.29) is 30.6 Å². The minimum Gasteiger partial charge on any atom is -0.337 e. The zero-order valence-corrected chi connectivity index (χ0v) is 14.5. The van der Waals surface area contributed by atoms with Crippen LogP contribution < -0.4 is 0 Å². The summed E-state index contributed by atoms with van der Waals surface area (Å²) in [7, 11) is 0. The van der Waals surface area contributed by atoms with Gasteiger partial charge in [0, 0.05) is 41.6 Å². The van der Waals surface area contributed by atoms with Crippen LogP contribution in [-0.2, 0) is 11.3 Å². The van der Waals surface area contributed by atoms with Crippen LogP contribution in [0.1, 0.15) is 23.7 Å². The molecule has 0 radical (unpaired) electrons. The van der Waals surface area contributed by atoms with Crippen molar-refractivity contribution in [1.82, 2.24) is 15.0 Å². The molecule has 1 unspecified atom stereocenters. The van der Waals surface area contributed by atoms with Gasteiger partial charge in [-0.2, -0.15) is 4.98 Å². The molecule has 0 spiro atoms. The first-order valence-corrected chi connectivity index (χ1v) is 8.58. The molecule has 26 heavy (non-hydrogen) atoms. The van der Waals surface area contributed by atoms with Crippen LogP contribution >= 0.6 is 11.6 Å². The van der Waals surface area contributed by atoms with E-state index in [0.717, 1.165) is 5.56 Å². The van der Waals surface area contributed by atoms with Crippen molar-refractivity contribution >= 4 is 17.5 Å². The maximum absolute atomic E-state index is 13.8. The van der Waals surface area contributed by atoms with Crippen molar-refractivity contribution in [2.75, 3.05) is 6.54 Å². The van der Waals surface area contributed by atoms with E-state index < -0.39 is 0 Å².